The first-order valence-electron chi connectivity index (χ1n) is 7.89. The zero-order valence-electron chi connectivity index (χ0n) is 13.6. The van der Waals surface area contributed by atoms with Crippen LogP contribution < -0.4 is 0 Å². The van der Waals surface area contributed by atoms with Crippen molar-refractivity contribution in [2.75, 3.05) is 26.2 Å². The Morgan fingerprint density at radius 3 is 2.57 bits per heavy atom. The summed E-state index contributed by atoms with van der Waals surface area (Å²) in [5, 5.41) is 12.3. The molecule has 1 aliphatic rings. The molecular formula is C18H22N2O2S. The van der Waals surface area contributed by atoms with Gasteiger partial charge in [-0.1, -0.05) is 12.1 Å². The molecule has 0 saturated carbocycles. The van der Waals surface area contributed by atoms with Crippen molar-refractivity contribution in [1.29, 1.82) is 0 Å². The van der Waals surface area contributed by atoms with Crippen molar-refractivity contribution in [2.24, 2.45) is 0 Å². The minimum atomic E-state index is -0.0682. The molecule has 4 nitrogen and oxygen atoms in total. The van der Waals surface area contributed by atoms with Crippen LogP contribution in [0.1, 0.15) is 26.4 Å². The van der Waals surface area contributed by atoms with Crippen molar-refractivity contribution in [1.82, 2.24) is 9.80 Å². The molecule has 2 aromatic rings. The van der Waals surface area contributed by atoms with Crippen molar-refractivity contribution in [2.45, 2.75) is 20.4 Å². The zero-order chi connectivity index (χ0) is 16.4. The first-order chi connectivity index (χ1) is 11.1. The molecule has 122 valence electrons. The van der Waals surface area contributed by atoms with Crippen LogP contribution >= 0.6 is 11.3 Å². The van der Waals surface area contributed by atoms with Crippen LogP contribution in [0.4, 0.5) is 0 Å². The van der Waals surface area contributed by atoms with Crippen LogP contribution in [-0.2, 0) is 6.54 Å². The van der Waals surface area contributed by atoms with E-state index in [1.165, 1.54) is 4.88 Å². The van der Waals surface area contributed by atoms with Crippen LogP contribution in [0.15, 0.2) is 29.6 Å². The van der Waals surface area contributed by atoms with E-state index in [-0.39, 0.29) is 11.7 Å². The first-order valence-corrected chi connectivity index (χ1v) is 8.77. The maximum Gasteiger partial charge on any atom is 0.257 e. The quantitative estimate of drug-likeness (QED) is 0.941. The standard InChI is InChI=1S/C18H22N2O2S/c1-13-5-6-16(17(21)14(13)2)18(22)20-9-7-19(8-10-20)12-15-4-3-11-23-15/h3-6,11,21H,7-10,12H2,1-2H3. The lowest BCUT2D eigenvalue weighted by atomic mass is 10.0. The highest BCUT2D eigenvalue weighted by Gasteiger charge is 2.24. The van der Waals surface area contributed by atoms with Gasteiger partial charge in [0.2, 0.25) is 0 Å². The van der Waals surface area contributed by atoms with E-state index in [1.54, 1.807) is 17.4 Å². The third-order valence-electron chi connectivity index (χ3n) is 4.55. The predicted octanol–water partition coefficient (Wildman–Crippen LogP) is 3.03. The maximum absolute atomic E-state index is 12.7. The molecule has 0 radical (unpaired) electrons. The maximum atomic E-state index is 12.7. The molecule has 1 N–H and O–H groups in total. The van der Waals surface area contributed by atoms with Gasteiger partial charge in [0, 0.05) is 37.6 Å². The van der Waals surface area contributed by atoms with E-state index in [0.29, 0.717) is 18.7 Å². The minimum absolute atomic E-state index is 0.0682. The number of carbonyl (C=O) groups is 1. The van der Waals surface area contributed by atoms with E-state index < -0.39 is 0 Å². The van der Waals surface area contributed by atoms with Crippen molar-refractivity contribution in [3.05, 3.63) is 51.2 Å². The van der Waals surface area contributed by atoms with Gasteiger partial charge < -0.3 is 10.0 Å². The molecular weight excluding hydrogens is 308 g/mol. The Morgan fingerprint density at radius 1 is 1.17 bits per heavy atom. The molecule has 0 bridgehead atoms. The highest BCUT2D eigenvalue weighted by molar-refractivity contribution is 7.09. The second-order valence-corrected chi connectivity index (χ2v) is 7.08. The Morgan fingerprint density at radius 2 is 1.91 bits per heavy atom. The fourth-order valence-electron chi connectivity index (χ4n) is 2.88. The molecule has 1 fully saturated rings. The van der Waals surface area contributed by atoms with Crippen LogP contribution in [0.2, 0.25) is 0 Å². The first kappa shape index (κ1) is 16.0. The van der Waals surface area contributed by atoms with Gasteiger partial charge in [-0.2, -0.15) is 0 Å². The molecule has 1 aromatic carbocycles. The molecule has 0 spiro atoms. The van der Waals surface area contributed by atoms with E-state index in [0.717, 1.165) is 30.8 Å². The second kappa shape index (κ2) is 6.72. The Balaban J connectivity index is 1.63. The molecule has 2 heterocycles. The number of benzene rings is 1. The van der Waals surface area contributed by atoms with Crippen molar-refractivity contribution >= 4 is 17.2 Å². The number of phenols is 1. The third kappa shape index (κ3) is 3.41. The van der Waals surface area contributed by atoms with Crippen molar-refractivity contribution in [3.8, 4) is 5.75 Å². The molecule has 5 heteroatoms. The van der Waals surface area contributed by atoms with Crippen LogP contribution in [0.3, 0.4) is 0 Å². The average Bonchev–Trinajstić information content (AvgIpc) is 3.06. The molecule has 1 aromatic heterocycles. The third-order valence-corrected chi connectivity index (χ3v) is 5.41. The summed E-state index contributed by atoms with van der Waals surface area (Å²) in [5.41, 5.74) is 2.20. The smallest absolute Gasteiger partial charge is 0.257 e. The number of hydrogen-bond donors (Lipinski definition) is 1. The lowest BCUT2D eigenvalue weighted by Gasteiger charge is -2.34. The number of aryl methyl sites for hydroxylation is 1. The molecule has 0 atom stereocenters. The summed E-state index contributed by atoms with van der Waals surface area (Å²) in [5.74, 6) is 0.0531. The van der Waals surface area contributed by atoms with Gasteiger partial charge >= 0.3 is 0 Å². The summed E-state index contributed by atoms with van der Waals surface area (Å²) in [6.45, 7) is 7.89. The Kier molecular flexibility index (Phi) is 4.68. The Labute approximate surface area is 141 Å². The lowest BCUT2D eigenvalue weighted by molar-refractivity contribution is 0.0626. The van der Waals surface area contributed by atoms with E-state index in [4.69, 9.17) is 0 Å². The SMILES string of the molecule is Cc1ccc(C(=O)N2CCN(Cc3cccs3)CC2)c(O)c1C. The van der Waals surface area contributed by atoms with Gasteiger partial charge in [-0.15, -0.1) is 11.3 Å². The van der Waals surface area contributed by atoms with E-state index in [1.807, 2.05) is 24.8 Å². The van der Waals surface area contributed by atoms with Crippen LogP contribution in [0, 0.1) is 13.8 Å². The molecule has 0 aliphatic carbocycles. The van der Waals surface area contributed by atoms with E-state index in [9.17, 15) is 9.90 Å². The van der Waals surface area contributed by atoms with E-state index in [2.05, 4.69) is 22.4 Å². The number of rotatable bonds is 3. The second-order valence-electron chi connectivity index (χ2n) is 6.05. The number of thiophene rings is 1. The highest BCUT2D eigenvalue weighted by Crippen LogP contribution is 2.26. The Bertz CT molecular complexity index is 689. The fourth-order valence-corrected chi connectivity index (χ4v) is 3.62. The van der Waals surface area contributed by atoms with Gasteiger partial charge in [0.15, 0.2) is 0 Å². The van der Waals surface area contributed by atoms with Gasteiger partial charge in [-0.05, 0) is 42.5 Å². The van der Waals surface area contributed by atoms with Crippen LogP contribution in [-0.4, -0.2) is 47.0 Å². The molecule has 23 heavy (non-hydrogen) atoms. The number of aromatic hydroxyl groups is 1. The van der Waals surface area contributed by atoms with Gasteiger partial charge in [0.25, 0.3) is 5.91 Å². The number of piperazine rings is 1. The number of hydrogen-bond acceptors (Lipinski definition) is 4. The molecule has 1 amide bonds. The summed E-state index contributed by atoms with van der Waals surface area (Å²) in [7, 11) is 0. The van der Waals surface area contributed by atoms with E-state index >= 15 is 0 Å². The van der Waals surface area contributed by atoms with Crippen molar-refractivity contribution in [3.63, 3.8) is 0 Å². The van der Waals surface area contributed by atoms with Gasteiger partial charge in [0.05, 0.1) is 5.56 Å². The summed E-state index contributed by atoms with van der Waals surface area (Å²) in [4.78, 5) is 18.2. The number of phenolic OH excluding ortho intramolecular Hbond substituents is 1. The summed E-state index contributed by atoms with van der Waals surface area (Å²) in [6, 6.07) is 7.85. The normalized spacial score (nSPS) is 15.8. The van der Waals surface area contributed by atoms with Gasteiger partial charge in [-0.3, -0.25) is 9.69 Å². The Hall–Kier alpha value is -1.85. The fraction of sp³-hybridized carbons (Fsp3) is 0.389. The number of nitrogens with zero attached hydrogens (tertiary/aromatic N) is 2. The largest absolute Gasteiger partial charge is 0.507 e. The molecule has 3 rings (SSSR count). The topological polar surface area (TPSA) is 43.8 Å². The summed E-state index contributed by atoms with van der Waals surface area (Å²) >= 11 is 1.77. The van der Waals surface area contributed by atoms with Crippen LogP contribution in [0.5, 0.6) is 5.75 Å². The molecule has 0 unspecified atom stereocenters. The highest BCUT2D eigenvalue weighted by atomic mass is 32.1. The van der Waals surface area contributed by atoms with Gasteiger partial charge in [0.1, 0.15) is 5.75 Å². The number of carbonyl (C=O) groups excluding carboxylic acids is 1. The minimum Gasteiger partial charge on any atom is -0.507 e. The summed E-state index contributed by atoms with van der Waals surface area (Å²) in [6.07, 6.45) is 0. The summed E-state index contributed by atoms with van der Waals surface area (Å²) < 4.78 is 0. The van der Waals surface area contributed by atoms with Gasteiger partial charge in [-0.25, -0.2) is 0 Å². The lowest BCUT2D eigenvalue weighted by Crippen LogP contribution is -2.48. The predicted molar refractivity (Wildman–Crippen MR) is 93.1 cm³/mol. The molecule has 1 saturated heterocycles. The van der Waals surface area contributed by atoms with Crippen LogP contribution in [0.25, 0.3) is 0 Å². The number of amides is 1. The molecule has 1 aliphatic heterocycles. The zero-order valence-corrected chi connectivity index (χ0v) is 14.4. The average molecular weight is 330 g/mol. The van der Waals surface area contributed by atoms with Crippen molar-refractivity contribution < 1.29 is 9.90 Å². The monoisotopic (exact) mass is 330 g/mol.